The van der Waals surface area contributed by atoms with Gasteiger partial charge >= 0.3 is 7.12 Å². The molecule has 142 valence electrons. The number of primary amides is 1. The molecule has 0 aliphatic carbocycles. The molecule has 1 aliphatic rings. The van der Waals surface area contributed by atoms with Crippen molar-refractivity contribution in [2.24, 2.45) is 5.73 Å². The van der Waals surface area contributed by atoms with E-state index in [0.717, 1.165) is 16.6 Å². The summed E-state index contributed by atoms with van der Waals surface area (Å²) in [5, 5.41) is 0. The summed E-state index contributed by atoms with van der Waals surface area (Å²) in [6, 6.07) is 13.5. The summed E-state index contributed by atoms with van der Waals surface area (Å²) in [5.74, 6) is 0.0323. The predicted octanol–water partition coefficient (Wildman–Crippen LogP) is 2.68. The maximum atomic E-state index is 11.6. The minimum absolute atomic E-state index is 0.362. The fourth-order valence-electron chi connectivity index (χ4n) is 3.15. The van der Waals surface area contributed by atoms with Crippen LogP contribution in [0.15, 0.2) is 42.5 Å². The van der Waals surface area contributed by atoms with Crippen molar-refractivity contribution in [2.75, 3.05) is 7.11 Å². The predicted molar refractivity (Wildman–Crippen MR) is 106 cm³/mol. The molecule has 27 heavy (non-hydrogen) atoms. The van der Waals surface area contributed by atoms with Gasteiger partial charge in [0.25, 0.3) is 5.91 Å². The van der Waals surface area contributed by atoms with E-state index in [4.69, 9.17) is 19.8 Å². The smallest absolute Gasteiger partial charge is 0.494 e. The highest BCUT2D eigenvalue weighted by Gasteiger charge is 2.51. The average molecular weight is 367 g/mol. The number of nitrogens with two attached hydrogens (primary N) is 1. The van der Waals surface area contributed by atoms with Crippen molar-refractivity contribution < 1.29 is 18.8 Å². The van der Waals surface area contributed by atoms with Gasteiger partial charge in [-0.3, -0.25) is 4.79 Å². The Morgan fingerprint density at radius 1 is 1.04 bits per heavy atom. The van der Waals surface area contributed by atoms with Crippen LogP contribution in [0.1, 0.15) is 49.2 Å². The number of para-hydroxylation sites is 1. The minimum Gasteiger partial charge on any atom is -0.496 e. The molecule has 1 fully saturated rings. The van der Waals surface area contributed by atoms with Gasteiger partial charge in [-0.2, -0.15) is 0 Å². The minimum atomic E-state index is -0.496. The zero-order valence-corrected chi connectivity index (χ0v) is 16.5. The van der Waals surface area contributed by atoms with Gasteiger partial charge < -0.3 is 19.8 Å². The Morgan fingerprint density at radius 2 is 1.63 bits per heavy atom. The summed E-state index contributed by atoms with van der Waals surface area (Å²) in [4.78, 5) is 11.6. The van der Waals surface area contributed by atoms with Crippen LogP contribution in [0.3, 0.4) is 0 Å². The quantitative estimate of drug-likeness (QED) is 0.825. The Morgan fingerprint density at radius 3 is 2.15 bits per heavy atom. The monoisotopic (exact) mass is 367 g/mol. The third-order valence-electron chi connectivity index (χ3n) is 5.47. The lowest BCUT2D eigenvalue weighted by molar-refractivity contribution is 0.00578. The highest BCUT2D eigenvalue weighted by molar-refractivity contribution is 6.62. The van der Waals surface area contributed by atoms with Crippen molar-refractivity contribution in [1.82, 2.24) is 0 Å². The molecular weight excluding hydrogens is 341 g/mol. The molecule has 5 nitrogen and oxygen atoms in total. The van der Waals surface area contributed by atoms with Crippen LogP contribution >= 0.6 is 0 Å². The highest BCUT2D eigenvalue weighted by atomic mass is 16.7. The lowest BCUT2D eigenvalue weighted by Crippen LogP contribution is -2.41. The molecule has 3 rings (SSSR count). The van der Waals surface area contributed by atoms with Crippen molar-refractivity contribution in [3.63, 3.8) is 0 Å². The maximum Gasteiger partial charge on any atom is 0.494 e. The molecule has 1 saturated heterocycles. The van der Waals surface area contributed by atoms with E-state index in [1.807, 2.05) is 64.1 Å². The zero-order valence-electron chi connectivity index (χ0n) is 16.5. The molecule has 0 radical (unpaired) electrons. The lowest BCUT2D eigenvalue weighted by Gasteiger charge is -2.32. The van der Waals surface area contributed by atoms with E-state index < -0.39 is 5.91 Å². The van der Waals surface area contributed by atoms with Gasteiger partial charge in [-0.25, -0.2) is 0 Å². The molecule has 0 aromatic heterocycles. The number of hydrogen-bond acceptors (Lipinski definition) is 4. The Kier molecular flexibility index (Phi) is 5.06. The first-order chi connectivity index (χ1) is 12.6. The first-order valence-corrected chi connectivity index (χ1v) is 9.05. The number of amides is 1. The van der Waals surface area contributed by atoms with Crippen LogP contribution in [0.5, 0.6) is 5.75 Å². The van der Waals surface area contributed by atoms with E-state index in [1.165, 1.54) is 0 Å². The molecule has 2 aromatic carbocycles. The van der Waals surface area contributed by atoms with Gasteiger partial charge in [0.15, 0.2) is 0 Å². The van der Waals surface area contributed by atoms with Crippen LogP contribution in [0.4, 0.5) is 0 Å². The number of ether oxygens (including phenoxy) is 1. The molecule has 1 amide bonds. The molecule has 0 atom stereocenters. The molecule has 0 unspecified atom stereocenters. The second kappa shape index (κ2) is 7.02. The molecule has 6 heteroatoms. The fraction of sp³-hybridized carbons (Fsp3) is 0.381. The van der Waals surface area contributed by atoms with E-state index in [2.05, 4.69) is 0 Å². The van der Waals surface area contributed by atoms with Crippen LogP contribution in [0, 0.1) is 0 Å². The summed E-state index contributed by atoms with van der Waals surface area (Å²) in [6.07, 6.45) is 0.633. The van der Waals surface area contributed by atoms with E-state index >= 15 is 0 Å². The first-order valence-electron chi connectivity index (χ1n) is 9.05. The van der Waals surface area contributed by atoms with Gasteiger partial charge in [-0.15, -0.1) is 0 Å². The van der Waals surface area contributed by atoms with E-state index in [9.17, 15) is 4.79 Å². The van der Waals surface area contributed by atoms with E-state index in [-0.39, 0.29) is 18.3 Å². The van der Waals surface area contributed by atoms with Gasteiger partial charge in [0.05, 0.1) is 23.9 Å². The molecule has 2 N–H and O–H groups in total. The Bertz CT molecular complexity index is 830. The number of benzene rings is 2. The van der Waals surface area contributed by atoms with Crippen molar-refractivity contribution in [3.8, 4) is 5.75 Å². The van der Waals surface area contributed by atoms with Crippen molar-refractivity contribution in [2.45, 2.75) is 45.3 Å². The third kappa shape index (κ3) is 3.73. The molecular formula is C21H26BNO4. The van der Waals surface area contributed by atoms with Crippen molar-refractivity contribution >= 4 is 18.5 Å². The molecule has 2 aromatic rings. The molecule has 1 heterocycles. The Balaban J connectivity index is 1.80. The third-order valence-corrected chi connectivity index (χ3v) is 5.47. The number of methoxy groups -OCH3 is 1. The second-order valence-corrected chi connectivity index (χ2v) is 7.87. The summed E-state index contributed by atoms with van der Waals surface area (Å²) in [5.41, 5.74) is 8.10. The van der Waals surface area contributed by atoms with Gasteiger partial charge in [-0.05, 0) is 50.4 Å². The number of carbonyl (C=O) groups is 1. The van der Waals surface area contributed by atoms with Crippen molar-refractivity contribution in [1.29, 1.82) is 0 Å². The summed E-state index contributed by atoms with van der Waals surface area (Å²) < 4.78 is 17.6. The second-order valence-electron chi connectivity index (χ2n) is 7.87. The largest absolute Gasteiger partial charge is 0.496 e. The van der Waals surface area contributed by atoms with Gasteiger partial charge in [0.1, 0.15) is 5.75 Å². The lowest BCUT2D eigenvalue weighted by atomic mass is 9.78. The number of carbonyl (C=O) groups excluding carboxylic acids is 1. The normalized spacial score (nSPS) is 17.7. The number of hydrogen-bond donors (Lipinski definition) is 1. The molecule has 1 aliphatic heterocycles. The van der Waals surface area contributed by atoms with Crippen molar-refractivity contribution in [3.05, 3.63) is 59.2 Å². The molecule has 0 saturated carbocycles. The summed E-state index contributed by atoms with van der Waals surface area (Å²) >= 11 is 0. The van der Waals surface area contributed by atoms with Gasteiger partial charge in [-0.1, -0.05) is 36.4 Å². The molecule has 0 spiro atoms. The Labute approximate surface area is 161 Å². The van der Waals surface area contributed by atoms with Crippen LogP contribution in [-0.2, 0) is 15.7 Å². The van der Waals surface area contributed by atoms with Crippen LogP contribution < -0.4 is 15.9 Å². The average Bonchev–Trinajstić information content (AvgIpc) is 2.83. The van der Waals surface area contributed by atoms with Crippen LogP contribution in [-0.4, -0.2) is 31.3 Å². The zero-order chi connectivity index (χ0) is 19.8. The first kappa shape index (κ1) is 19.5. The number of rotatable bonds is 5. The van der Waals surface area contributed by atoms with Crippen LogP contribution in [0.25, 0.3) is 0 Å². The topological polar surface area (TPSA) is 70.8 Å². The van der Waals surface area contributed by atoms with Crippen LogP contribution in [0.2, 0.25) is 0 Å². The highest BCUT2D eigenvalue weighted by Crippen LogP contribution is 2.36. The standard InChI is InChI=1S/C21H26BNO4/c1-20(2)21(3,4)27-22(26-20)16-11-9-14(10-12-16)13-15-7-6-8-17(19(23)24)18(15)25-5/h6-12H,13H2,1-5H3,(H2,23,24). The van der Waals surface area contributed by atoms with Gasteiger partial charge in [0.2, 0.25) is 0 Å². The van der Waals surface area contributed by atoms with E-state index in [0.29, 0.717) is 17.7 Å². The SMILES string of the molecule is COc1c(Cc2ccc(B3OC(C)(C)C(C)(C)O3)cc2)cccc1C(N)=O. The summed E-state index contributed by atoms with van der Waals surface area (Å²) in [6.45, 7) is 8.16. The fourth-order valence-corrected chi connectivity index (χ4v) is 3.15. The van der Waals surface area contributed by atoms with Gasteiger partial charge in [0, 0.05) is 6.42 Å². The molecule has 0 bridgehead atoms. The summed E-state index contributed by atoms with van der Waals surface area (Å²) in [7, 11) is 1.17. The Hall–Kier alpha value is -2.31. The van der Waals surface area contributed by atoms with E-state index in [1.54, 1.807) is 13.2 Å². The maximum absolute atomic E-state index is 11.6.